The number of hydrogen-bond acceptors (Lipinski definition) is 5. The van der Waals surface area contributed by atoms with Gasteiger partial charge in [-0.2, -0.15) is 0 Å². The monoisotopic (exact) mass is 349 g/mol. The Morgan fingerprint density at radius 3 is 2.58 bits per heavy atom. The lowest BCUT2D eigenvalue weighted by Gasteiger charge is -2.09. The largest absolute Gasteiger partial charge is 0.494 e. The second-order valence-corrected chi connectivity index (χ2v) is 7.10. The van der Waals surface area contributed by atoms with Gasteiger partial charge in [0.25, 0.3) is 0 Å². The Morgan fingerprint density at radius 1 is 1.08 bits per heavy atom. The maximum absolute atomic E-state index is 12.4. The molecular formula is C17H19NO5S. The van der Waals surface area contributed by atoms with Gasteiger partial charge >= 0.3 is 0 Å². The molecule has 7 heteroatoms. The molecule has 0 saturated heterocycles. The molecule has 0 atom stereocenters. The van der Waals surface area contributed by atoms with Crippen LogP contribution in [0.25, 0.3) is 0 Å². The molecule has 0 radical (unpaired) electrons. The number of benzene rings is 2. The average Bonchev–Trinajstić information content (AvgIpc) is 3.06. The quantitative estimate of drug-likeness (QED) is 0.832. The first-order valence-electron chi connectivity index (χ1n) is 7.69. The lowest BCUT2D eigenvalue weighted by Crippen LogP contribution is -2.23. The minimum Gasteiger partial charge on any atom is -0.494 e. The standard InChI is InChI=1S/C17H19NO5S/c1-2-9-21-14-4-6-15(7-5-14)24(19,20)18-11-13-3-8-16-17(10-13)23-12-22-16/h3-8,10,18H,2,9,11-12H2,1H3. The number of ether oxygens (including phenoxy) is 3. The summed E-state index contributed by atoms with van der Waals surface area (Å²) in [6, 6.07) is 11.7. The fourth-order valence-electron chi connectivity index (χ4n) is 2.25. The topological polar surface area (TPSA) is 73.9 Å². The second kappa shape index (κ2) is 7.11. The predicted octanol–water partition coefficient (Wildman–Crippen LogP) is 2.68. The Bertz CT molecular complexity index is 802. The fourth-order valence-corrected chi connectivity index (χ4v) is 3.27. The van der Waals surface area contributed by atoms with Gasteiger partial charge in [0.15, 0.2) is 11.5 Å². The highest BCUT2D eigenvalue weighted by molar-refractivity contribution is 7.89. The Hall–Kier alpha value is -2.25. The van der Waals surface area contributed by atoms with Gasteiger partial charge in [0.2, 0.25) is 16.8 Å². The van der Waals surface area contributed by atoms with Gasteiger partial charge < -0.3 is 14.2 Å². The molecular weight excluding hydrogens is 330 g/mol. The molecule has 3 rings (SSSR count). The van der Waals surface area contributed by atoms with Crippen LogP contribution in [0, 0.1) is 0 Å². The van der Waals surface area contributed by atoms with Crippen molar-refractivity contribution in [3.05, 3.63) is 48.0 Å². The van der Waals surface area contributed by atoms with E-state index in [1.807, 2.05) is 6.92 Å². The number of nitrogens with one attached hydrogen (secondary N) is 1. The molecule has 0 saturated carbocycles. The van der Waals surface area contributed by atoms with E-state index in [2.05, 4.69) is 4.72 Å². The van der Waals surface area contributed by atoms with E-state index in [1.165, 1.54) is 12.1 Å². The summed E-state index contributed by atoms with van der Waals surface area (Å²) >= 11 is 0. The van der Waals surface area contributed by atoms with Crippen molar-refractivity contribution in [1.82, 2.24) is 4.72 Å². The zero-order valence-corrected chi connectivity index (χ0v) is 14.1. The van der Waals surface area contributed by atoms with Crippen molar-refractivity contribution in [2.24, 2.45) is 0 Å². The molecule has 1 heterocycles. The van der Waals surface area contributed by atoms with Gasteiger partial charge in [0.05, 0.1) is 11.5 Å². The Labute approximate surface area is 141 Å². The van der Waals surface area contributed by atoms with Crippen LogP contribution < -0.4 is 18.9 Å². The molecule has 0 spiro atoms. The normalized spacial score (nSPS) is 13.0. The van der Waals surface area contributed by atoms with E-state index in [9.17, 15) is 8.42 Å². The zero-order valence-electron chi connectivity index (χ0n) is 13.3. The van der Waals surface area contributed by atoms with Crippen LogP contribution in [0.15, 0.2) is 47.4 Å². The summed E-state index contributed by atoms with van der Waals surface area (Å²) in [4.78, 5) is 0.201. The third-order valence-electron chi connectivity index (χ3n) is 3.51. The summed E-state index contributed by atoms with van der Waals surface area (Å²) < 4.78 is 43.3. The summed E-state index contributed by atoms with van der Waals surface area (Å²) in [5.74, 6) is 1.96. The molecule has 24 heavy (non-hydrogen) atoms. The first kappa shape index (κ1) is 16.6. The first-order valence-corrected chi connectivity index (χ1v) is 9.18. The van der Waals surface area contributed by atoms with Crippen LogP contribution >= 0.6 is 0 Å². The molecule has 1 N–H and O–H groups in total. The number of sulfonamides is 1. The molecule has 128 valence electrons. The van der Waals surface area contributed by atoms with Crippen LogP contribution in [0.2, 0.25) is 0 Å². The lowest BCUT2D eigenvalue weighted by molar-refractivity contribution is 0.174. The minimum atomic E-state index is -3.59. The van der Waals surface area contributed by atoms with Crippen LogP contribution in [0.5, 0.6) is 17.2 Å². The van der Waals surface area contributed by atoms with E-state index in [0.29, 0.717) is 23.9 Å². The van der Waals surface area contributed by atoms with Gasteiger partial charge in [-0.1, -0.05) is 13.0 Å². The van der Waals surface area contributed by atoms with Crippen LogP contribution in [0.4, 0.5) is 0 Å². The smallest absolute Gasteiger partial charge is 0.240 e. The average molecular weight is 349 g/mol. The van der Waals surface area contributed by atoms with Gasteiger partial charge in [-0.15, -0.1) is 0 Å². The summed E-state index contributed by atoms with van der Waals surface area (Å²) in [7, 11) is -3.59. The lowest BCUT2D eigenvalue weighted by atomic mass is 10.2. The highest BCUT2D eigenvalue weighted by Gasteiger charge is 2.16. The van der Waals surface area contributed by atoms with Gasteiger partial charge in [0, 0.05) is 6.54 Å². The Balaban J connectivity index is 1.65. The summed E-state index contributed by atoms with van der Waals surface area (Å²) in [6.07, 6.45) is 0.900. The molecule has 0 unspecified atom stereocenters. The van der Waals surface area contributed by atoms with Gasteiger partial charge in [-0.05, 0) is 48.4 Å². The molecule has 1 aliphatic heterocycles. The molecule has 6 nitrogen and oxygen atoms in total. The highest BCUT2D eigenvalue weighted by atomic mass is 32.2. The van der Waals surface area contributed by atoms with Crippen molar-refractivity contribution in [2.45, 2.75) is 24.8 Å². The maximum Gasteiger partial charge on any atom is 0.240 e. The van der Waals surface area contributed by atoms with Crippen LogP contribution in [0.3, 0.4) is 0 Å². The van der Waals surface area contributed by atoms with Crippen LogP contribution in [0.1, 0.15) is 18.9 Å². The predicted molar refractivity (Wildman–Crippen MR) is 88.8 cm³/mol. The molecule has 2 aromatic rings. The fraction of sp³-hybridized carbons (Fsp3) is 0.294. The summed E-state index contributed by atoms with van der Waals surface area (Å²) in [6.45, 7) is 2.98. The van der Waals surface area contributed by atoms with Crippen molar-refractivity contribution in [3.8, 4) is 17.2 Å². The Morgan fingerprint density at radius 2 is 1.83 bits per heavy atom. The summed E-state index contributed by atoms with van der Waals surface area (Å²) in [5.41, 5.74) is 0.797. The molecule has 0 bridgehead atoms. The maximum atomic E-state index is 12.4. The number of hydrogen-bond donors (Lipinski definition) is 1. The van der Waals surface area contributed by atoms with Crippen molar-refractivity contribution in [3.63, 3.8) is 0 Å². The highest BCUT2D eigenvalue weighted by Crippen LogP contribution is 2.32. The molecule has 0 aliphatic carbocycles. The van der Waals surface area contributed by atoms with E-state index in [0.717, 1.165) is 12.0 Å². The van der Waals surface area contributed by atoms with Gasteiger partial charge in [-0.3, -0.25) is 0 Å². The molecule has 1 aliphatic rings. The minimum absolute atomic E-state index is 0.174. The number of fused-ring (bicyclic) bond motifs is 1. The van der Waals surface area contributed by atoms with E-state index < -0.39 is 10.0 Å². The van der Waals surface area contributed by atoms with Crippen molar-refractivity contribution in [2.75, 3.05) is 13.4 Å². The third kappa shape index (κ3) is 3.80. The van der Waals surface area contributed by atoms with E-state index in [1.54, 1.807) is 30.3 Å². The van der Waals surface area contributed by atoms with E-state index >= 15 is 0 Å². The Kier molecular flexibility index (Phi) is 4.92. The molecule has 2 aromatic carbocycles. The van der Waals surface area contributed by atoms with E-state index in [-0.39, 0.29) is 18.2 Å². The van der Waals surface area contributed by atoms with Crippen molar-refractivity contribution >= 4 is 10.0 Å². The van der Waals surface area contributed by atoms with Crippen molar-refractivity contribution < 1.29 is 22.6 Å². The van der Waals surface area contributed by atoms with Crippen molar-refractivity contribution in [1.29, 1.82) is 0 Å². The number of rotatable bonds is 7. The van der Waals surface area contributed by atoms with E-state index in [4.69, 9.17) is 14.2 Å². The first-order chi connectivity index (χ1) is 11.6. The SMILES string of the molecule is CCCOc1ccc(S(=O)(=O)NCc2ccc3c(c2)OCO3)cc1. The zero-order chi connectivity index (χ0) is 17.0. The van der Waals surface area contributed by atoms with Gasteiger partial charge in [-0.25, -0.2) is 13.1 Å². The third-order valence-corrected chi connectivity index (χ3v) is 4.93. The summed E-state index contributed by atoms with van der Waals surface area (Å²) in [5, 5.41) is 0. The van der Waals surface area contributed by atoms with Crippen LogP contribution in [-0.2, 0) is 16.6 Å². The molecule has 0 aromatic heterocycles. The second-order valence-electron chi connectivity index (χ2n) is 5.33. The molecule has 0 amide bonds. The molecule has 0 fully saturated rings. The van der Waals surface area contributed by atoms with Gasteiger partial charge in [0.1, 0.15) is 5.75 Å². The van der Waals surface area contributed by atoms with Crippen LogP contribution in [-0.4, -0.2) is 21.8 Å².